The quantitative estimate of drug-likeness (QED) is 0.135. The lowest BCUT2D eigenvalue weighted by Crippen LogP contribution is -2.24. The van der Waals surface area contributed by atoms with E-state index < -0.39 is 44.6 Å². The summed E-state index contributed by atoms with van der Waals surface area (Å²) in [6.07, 6.45) is 1.14. The first-order chi connectivity index (χ1) is 16.3. The highest BCUT2D eigenvalue weighted by atomic mass is 16.6. The van der Waals surface area contributed by atoms with Crippen molar-refractivity contribution >= 4 is 35.4 Å². The molecule has 12 heteroatoms. The molecule has 4 rings (SSSR count). The minimum atomic E-state index is -1.09. The van der Waals surface area contributed by atoms with Crippen LogP contribution < -0.4 is 4.74 Å². The van der Waals surface area contributed by atoms with Crippen molar-refractivity contribution < 1.29 is 29.0 Å². The summed E-state index contributed by atoms with van der Waals surface area (Å²) in [6.45, 7) is 0. The van der Waals surface area contributed by atoms with Gasteiger partial charge < -0.3 is 4.74 Å². The van der Waals surface area contributed by atoms with Gasteiger partial charge in [0.05, 0.1) is 38.8 Å². The lowest BCUT2D eigenvalue weighted by Gasteiger charge is -2.09. The van der Waals surface area contributed by atoms with Crippen molar-refractivity contribution in [3.8, 4) is 5.75 Å². The Labute approximate surface area is 190 Å². The fourth-order valence-corrected chi connectivity index (χ4v) is 3.16. The monoisotopic (exact) mass is 460 g/mol. The number of para-hydroxylation sites is 1. The van der Waals surface area contributed by atoms with E-state index in [1.807, 2.05) is 0 Å². The molecule has 1 aliphatic rings. The second kappa shape index (κ2) is 8.70. The van der Waals surface area contributed by atoms with E-state index in [9.17, 15) is 34.6 Å². The molecule has 0 bridgehead atoms. The van der Waals surface area contributed by atoms with Crippen molar-refractivity contribution in [2.24, 2.45) is 5.10 Å². The topological polar surface area (TPSA) is 162 Å². The number of hydrogen-bond donors (Lipinski definition) is 0. The van der Waals surface area contributed by atoms with E-state index in [2.05, 4.69) is 5.10 Å². The maximum Gasteiger partial charge on any atom is 0.344 e. The maximum absolute atomic E-state index is 12.6. The molecule has 0 atom stereocenters. The van der Waals surface area contributed by atoms with Gasteiger partial charge in [-0.2, -0.15) is 10.1 Å². The van der Waals surface area contributed by atoms with Gasteiger partial charge in [0.2, 0.25) is 0 Å². The molecule has 1 heterocycles. The first kappa shape index (κ1) is 22.0. The van der Waals surface area contributed by atoms with Gasteiger partial charge in [0, 0.05) is 17.7 Å². The number of carbonyl (C=O) groups is 3. The van der Waals surface area contributed by atoms with Gasteiger partial charge in [-0.25, -0.2) is 4.79 Å². The molecule has 3 aromatic carbocycles. The second-order valence-corrected chi connectivity index (χ2v) is 6.89. The fraction of sp³-hybridized carbons (Fsp3) is 0. The molecule has 0 fully saturated rings. The SMILES string of the molecule is O=C(Oc1ccccc1C=NN1C(=O)c2ccccc2C1=O)c1cc([N+](=O)[O-])cc([N+](=O)[O-])c1. The molecule has 1 aliphatic heterocycles. The Morgan fingerprint density at radius 2 is 1.38 bits per heavy atom. The van der Waals surface area contributed by atoms with Crippen molar-refractivity contribution in [2.45, 2.75) is 0 Å². The van der Waals surface area contributed by atoms with Crippen LogP contribution in [0.15, 0.2) is 71.8 Å². The smallest absolute Gasteiger partial charge is 0.344 e. The van der Waals surface area contributed by atoms with E-state index in [1.165, 1.54) is 30.3 Å². The predicted molar refractivity (Wildman–Crippen MR) is 116 cm³/mol. The van der Waals surface area contributed by atoms with E-state index in [-0.39, 0.29) is 22.4 Å². The van der Waals surface area contributed by atoms with Gasteiger partial charge in [-0.3, -0.25) is 29.8 Å². The van der Waals surface area contributed by atoms with Crippen LogP contribution in [0, 0.1) is 20.2 Å². The number of nitro groups is 2. The number of esters is 1. The molecule has 0 N–H and O–H groups in total. The van der Waals surface area contributed by atoms with Crippen LogP contribution >= 0.6 is 0 Å². The first-order valence-corrected chi connectivity index (χ1v) is 9.53. The number of carbonyl (C=O) groups excluding carboxylic acids is 3. The predicted octanol–water partition coefficient (Wildman–Crippen LogP) is 3.35. The summed E-state index contributed by atoms with van der Waals surface area (Å²) in [5.41, 5.74) is -1.10. The Hall–Kier alpha value is -5.26. The molecule has 3 aromatic rings. The lowest BCUT2D eigenvalue weighted by atomic mass is 10.1. The highest BCUT2D eigenvalue weighted by molar-refractivity contribution is 6.21. The number of benzene rings is 3. The summed E-state index contributed by atoms with van der Waals surface area (Å²) in [5.74, 6) is -2.37. The Kier molecular flexibility index (Phi) is 5.62. The number of rotatable bonds is 6. The summed E-state index contributed by atoms with van der Waals surface area (Å²) >= 11 is 0. The average molecular weight is 460 g/mol. The number of hydrogen-bond acceptors (Lipinski definition) is 9. The number of hydrazone groups is 1. The zero-order valence-electron chi connectivity index (χ0n) is 17.0. The van der Waals surface area contributed by atoms with Crippen LogP contribution in [0.3, 0.4) is 0 Å². The second-order valence-electron chi connectivity index (χ2n) is 6.89. The van der Waals surface area contributed by atoms with Crippen LogP contribution in [0.4, 0.5) is 11.4 Å². The third kappa shape index (κ3) is 4.10. The van der Waals surface area contributed by atoms with E-state index in [0.717, 1.165) is 24.4 Å². The molecular formula is C22H12N4O8. The molecule has 0 radical (unpaired) electrons. The summed E-state index contributed by atoms with van der Waals surface area (Å²) in [5, 5.41) is 26.7. The van der Waals surface area contributed by atoms with Crippen molar-refractivity contribution in [3.63, 3.8) is 0 Å². The van der Waals surface area contributed by atoms with Crippen molar-refractivity contribution in [3.05, 3.63) is 109 Å². The number of imide groups is 1. The molecule has 2 amide bonds. The molecule has 0 aliphatic carbocycles. The molecule has 168 valence electrons. The number of nitrogens with zero attached hydrogens (tertiary/aromatic N) is 4. The van der Waals surface area contributed by atoms with Gasteiger partial charge in [0.15, 0.2) is 0 Å². The number of ether oxygens (including phenoxy) is 1. The molecule has 34 heavy (non-hydrogen) atoms. The van der Waals surface area contributed by atoms with Crippen LogP contribution in [0.25, 0.3) is 0 Å². The fourth-order valence-electron chi connectivity index (χ4n) is 3.16. The summed E-state index contributed by atoms with van der Waals surface area (Å²) in [6, 6.07) is 14.6. The zero-order chi connectivity index (χ0) is 24.4. The first-order valence-electron chi connectivity index (χ1n) is 9.53. The lowest BCUT2D eigenvalue weighted by molar-refractivity contribution is -0.394. The number of non-ortho nitro benzene ring substituents is 2. The normalized spacial score (nSPS) is 12.6. The average Bonchev–Trinajstić information content (AvgIpc) is 3.07. The van der Waals surface area contributed by atoms with Crippen LogP contribution in [0.2, 0.25) is 0 Å². The largest absolute Gasteiger partial charge is 0.422 e. The van der Waals surface area contributed by atoms with Gasteiger partial charge in [-0.1, -0.05) is 24.3 Å². The van der Waals surface area contributed by atoms with E-state index in [1.54, 1.807) is 18.2 Å². The Morgan fingerprint density at radius 3 is 1.94 bits per heavy atom. The Bertz CT molecular complexity index is 1350. The molecule has 0 aromatic heterocycles. The zero-order valence-corrected chi connectivity index (χ0v) is 17.0. The van der Waals surface area contributed by atoms with Gasteiger partial charge >= 0.3 is 5.97 Å². The maximum atomic E-state index is 12.6. The third-order valence-electron chi connectivity index (χ3n) is 4.77. The molecule has 0 spiro atoms. The molecule has 0 saturated heterocycles. The van der Waals surface area contributed by atoms with Crippen LogP contribution in [-0.4, -0.2) is 38.9 Å². The van der Waals surface area contributed by atoms with Crippen LogP contribution in [0.5, 0.6) is 5.75 Å². The Morgan fingerprint density at radius 1 is 0.853 bits per heavy atom. The van der Waals surface area contributed by atoms with E-state index in [0.29, 0.717) is 5.01 Å². The Balaban J connectivity index is 1.60. The van der Waals surface area contributed by atoms with E-state index in [4.69, 9.17) is 4.74 Å². The minimum Gasteiger partial charge on any atom is -0.422 e. The van der Waals surface area contributed by atoms with Crippen molar-refractivity contribution in [1.82, 2.24) is 5.01 Å². The van der Waals surface area contributed by atoms with Gasteiger partial charge in [0.1, 0.15) is 5.75 Å². The molecular weight excluding hydrogens is 448 g/mol. The molecule has 12 nitrogen and oxygen atoms in total. The van der Waals surface area contributed by atoms with Gasteiger partial charge in [0.25, 0.3) is 23.2 Å². The molecule has 0 unspecified atom stereocenters. The number of amides is 2. The van der Waals surface area contributed by atoms with Crippen LogP contribution in [-0.2, 0) is 0 Å². The standard InChI is InChI=1S/C22H12N4O8/c27-20-17-6-2-3-7-18(17)21(28)24(20)23-12-13-5-1-4-8-19(13)34-22(29)14-9-15(25(30)31)11-16(10-14)26(32)33/h1-12H. The third-order valence-corrected chi connectivity index (χ3v) is 4.77. The highest BCUT2D eigenvalue weighted by Gasteiger charge is 2.35. The summed E-state index contributed by atoms with van der Waals surface area (Å²) < 4.78 is 5.27. The van der Waals surface area contributed by atoms with Crippen LogP contribution in [0.1, 0.15) is 36.6 Å². The van der Waals surface area contributed by atoms with E-state index >= 15 is 0 Å². The number of nitro benzene ring substituents is 2. The van der Waals surface area contributed by atoms with Crippen molar-refractivity contribution in [1.29, 1.82) is 0 Å². The summed E-state index contributed by atoms with van der Waals surface area (Å²) in [7, 11) is 0. The number of fused-ring (bicyclic) bond motifs is 1. The van der Waals surface area contributed by atoms with Crippen molar-refractivity contribution in [2.75, 3.05) is 0 Å². The minimum absolute atomic E-state index is 0.0537. The van der Waals surface area contributed by atoms with Gasteiger partial charge in [-0.15, -0.1) is 0 Å². The summed E-state index contributed by atoms with van der Waals surface area (Å²) in [4.78, 5) is 57.9. The van der Waals surface area contributed by atoms with Gasteiger partial charge in [-0.05, 0) is 24.3 Å². The highest BCUT2D eigenvalue weighted by Crippen LogP contribution is 2.26. The molecule has 0 saturated carbocycles.